The molecular formula is C15H21N3OS. The van der Waals surface area contributed by atoms with Crippen LogP contribution in [0.5, 0.6) is 5.75 Å². The number of H-pyrrole nitrogens is 1. The lowest BCUT2D eigenvalue weighted by molar-refractivity contribution is 0.414. The monoisotopic (exact) mass is 291 g/mol. The summed E-state index contributed by atoms with van der Waals surface area (Å²) in [5.74, 6) is 0.885. The van der Waals surface area contributed by atoms with Gasteiger partial charge in [0.2, 0.25) is 0 Å². The summed E-state index contributed by atoms with van der Waals surface area (Å²) in [7, 11) is 1.69. The van der Waals surface area contributed by atoms with Gasteiger partial charge in [0, 0.05) is 23.7 Å². The highest BCUT2D eigenvalue weighted by Crippen LogP contribution is 2.30. The molecule has 2 unspecified atom stereocenters. The fourth-order valence-corrected chi connectivity index (χ4v) is 3.14. The SMILES string of the molecule is CCNC(c1ccc(OC)cc1)C(C)Sc1ncc[nH]1. The second-order valence-electron chi connectivity index (χ2n) is 4.53. The smallest absolute Gasteiger partial charge is 0.165 e. The van der Waals surface area contributed by atoms with Crippen LogP contribution >= 0.6 is 11.8 Å². The van der Waals surface area contributed by atoms with Gasteiger partial charge in [-0.1, -0.05) is 37.7 Å². The van der Waals surface area contributed by atoms with E-state index in [-0.39, 0.29) is 6.04 Å². The Hall–Kier alpha value is -1.46. The summed E-state index contributed by atoms with van der Waals surface area (Å²) in [5.41, 5.74) is 1.26. The molecule has 0 saturated heterocycles. The largest absolute Gasteiger partial charge is 0.497 e. The second-order valence-corrected chi connectivity index (χ2v) is 5.89. The maximum absolute atomic E-state index is 5.21. The summed E-state index contributed by atoms with van der Waals surface area (Å²) < 4.78 is 5.21. The molecule has 0 aliphatic rings. The lowest BCUT2D eigenvalue weighted by Crippen LogP contribution is -2.28. The van der Waals surface area contributed by atoms with Crippen LogP contribution in [0.3, 0.4) is 0 Å². The molecule has 1 heterocycles. The number of nitrogens with one attached hydrogen (secondary N) is 2. The summed E-state index contributed by atoms with van der Waals surface area (Å²) in [6, 6.07) is 8.52. The van der Waals surface area contributed by atoms with Crippen molar-refractivity contribution < 1.29 is 4.74 Å². The van der Waals surface area contributed by atoms with Crippen molar-refractivity contribution in [2.24, 2.45) is 0 Å². The van der Waals surface area contributed by atoms with E-state index in [4.69, 9.17) is 4.74 Å². The van der Waals surface area contributed by atoms with E-state index in [2.05, 4.69) is 41.3 Å². The number of rotatable bonds is 7. The molecule has 20 heavy (non-hydrogen) atoms. The zero-order chi connectivity index (χ0) is 14.4. The van der Waals surface area contributed by atoms with Crippen LogP contribution in [0.15, 0.2) is 41.8 Å². The van der Waals surface area contributed by atoms with Crippen LogP contribution in [0.2, 0.25) is 0 Å². The molecule has 0 spiro atoms. The van der Waals surface area contributed by atoms with Crippen LogP contribution in [0, 0.1) is 0 Å². The molecule has 4 nitrogen and oxygen atoms in total. The molecule has 2 aromatic rings. The molecule has 0 radical (unpaired) electrons. The van der Waals surface area contributed by atoms with Crippen molar-refractivity contribution in [2.75, 3.05) is 13.7 Å². The Morgan fingerprint density at radius 3 is 2.65 bits per heavy atom. The van der Waals surface area contributed by atoms with E-state index in [9.17, 15) is 0 Å². The second kappa shape index (κ2) is 7.36. The molecule has 2 atom stereocenters. The Morgan fingerprint density at radius 2 is 2.10 bits per heavy atom. The maximum Gasteiger partial charge on any atom is 0.165 e. The van der Waals surface area contributed by atoms with Crippen molar-refractivity contribution in [1.82, 2.24) is 15.3 Å². The molecular weight excluding hydrogens is 270 g/mol. The molecule has 1 aromatic heterocycles. The first-order valence-corrected chi connectivity index (χ1v) is 7.66. The molecule has 0 saturated carbocycles. The number of hydrogen-bond acceptors (Lipinski definition) is 4. The van der Waals surface area contributed by atoms with Gasteiger partial charge in [0.15, 0.2) is 5.16 Å². The zero-order valence-corrected chi connectivity index (χ0v) is 12.9. The van der Waals surface area contributed by atoms with Crippen molar-refractivity contribution in [2.45, 2.75) is 30.3 Å². The van der Waals surface area contributed by atoms with Crippen LogP contribution in [-0.4, -0.2) is 28.9 Å². The fraction of sp³-hybridized carbons (Fsp3) is 0.400. The van der Waals surface area contributed by atoms with Crippen LogP contribution in [0.1, 0.15) is 25.5 Å². The van der Waals surface area contributed by atoms with Gasteiger partial charge < -0.3 is 15.0 Å². The van der Waals surface area contributed by atoms with E-state index in [1.807, 2.05) is 18.3 Å². The third-order valence-corrected chi connectivity index (χ3v) is 4.23. The molecule has 108 valence electrons. The Bertz CT molecular complexity index is 498. The van der Waals surface area contributed by atoms with E-state index in [1.54, 1.807) is 25.1 Å². The predicted molar refractivity (Wildman–Crippen MR) is 83.3 cm³/mol. The molecule has 0 aliphatic heterocycles. The van der Waals surface area contributed by atoms with Crippen LogP contribution in [0.25, 0.3) is 0 Å². The van der Waals surface area contributed by atoms with Crippen LogP contribution in [-0.2, 0) is 0 Å². The van der Waals surface area contributed by atoms with E-state index < -0.39 is 0 Å². The van der Waals surface area contributed by atoms with Gasteiger partial charge in [-0.15, -0.1) is 0 Å². The summed E-state index contributed by atoms with van der Waals surface area (Å²) in [6.45, 7) is 5.27. The average molecular weight is 291 g/mol. The van der Waals surface area contributed by atoms with Gasteiger partial charge >= 0.3 is 0 Å². The predicted octanol–water partition coefficient (Wildman–Crippen LogP) is 3.25. The van der Waals surface area contributed by atoms with Crippen molar-refractivity contribution >= 4 is 11.8 Å². The zero-order valence-electron chi connectivity index (χ0n) is 12.1. The number of hydrogen-bond donors (Lipinski definition) is 2. The van der Waals surface area contributed by atoms with E-state index in [0.717, 1.165) is 17.5 Å². The van der Waals surface area contributed by atoms with Crippen LogP contribution in [0.4, 0.5) is 0 Å². The molecule has 0 bridgehead atoms. The first-order chi connectivity index (χ1) is 9.74. The van der Waals surface area contributed by atoms with Crippen molar-refractivity contribution in [3.63, 3.8) is 0 Å². The fourth-order valence-electron chi connectivity index (χ4n) is 2.15. The Kier molecular flexibility index (Phi) is 5.49. The summed E-state index contributed by atoms with van der Waals surface area (Å²) in [4.78, 5) is 7.42. The van der Waals surface area contributed by atoms with Crippen molar-refractivity contribution in [3.8, 4) is 5.75 Å². The normalized spacial score (nSPS) is 13.9. The summed E-state index contributed by atoms with van der Waals surface area (Å²) >= 11 is 1.74. The Balaban J connectivity index is 2.11. The number of aromatic nitrogens is 2. The quantitative estimate of drug-likeness (QED) is 0.769. The molecule has 0 fully saturated rings. The number of imidazole rings is 1. The van der Waals surface area contributed by atoms with E-state index in [1.165, 1.54) is 5.56 Å². The number of nitrogens with zero attached hydrogens (tertiary/aromatic N) is 1. The van der Waals surface area contributed by atoms with Gasteiger partial charge in [0.05, 0.1) is 7.11 Å². The summed E-state index contributed by atoms with van der Waals surface area (Å²) in [5, 5.41) is 4.87. The Labute approximate surface area is 124 Å². The minimum atomic E-state index is 0.279. The highest BCUT2D eigenvalue weighted by Gasteiger charge is 2.20. The molecule has 0 aliphatic carbocycles. The Morgan fingerprint density at radius 1 is 1.35 bits per heavy atom. The third kappa shape index (κ3) is 3.77. The highest BCUT2D eigenvalue weighted by atomic mass is 32.2. The number of benzene rings is 1. The molecule has 2 N–H and O–H groups in total. The van der Waals surface area contributed by atoms with Crippen molar-refractivity contribution in [3.05, 3.63) is 42.2 Å². The lowest BCUT2D eigenvalue weighted by atomic mass is 10.0. The third-order valence-electron chi connectivity index (χ3n) is 3.14. The minimum Gasteiger partial charge on any atom is -0.497 e. The number of thioether (sulfide) groups is 1. The first-order valence-electron chi connectivity index (χ1n) is 6.78. The molecule has 5 heteroatoms. The van der Waals surface area contributed by atoms with Gasteiger partial charge in [-0.25, -0.2) is 4.98 Å². The number of methoxy groups -OCH3 is 1. The van der Waals surface area contributed by atoms with E-state index >= 15 is 0 Å². The molecule has 1 aromatic carbocycles. The van der Waals surface area contributed by atoms with E-state index in [0.29, 0.717) is 5.25 Å². The highest BCUT2D eigenvalue weighted by molar-refractivity contribution is 7.99. The minimum absolute atomic E-state index is 0.279. The standard InChI is InChI=1S/C15H21N3OS/c1-4-16-14(11(2)20-15-17-9-10-18-15)12-5-7-13(19-3)8-6-12/h5-11,14,16H,4H2,1-3H3,(H,17,18). The number of aromatic amines is 1. The summed E-state index contributed by atoms with van der Waals surface area (Å²) in [6.07, 6.45) is 3.63. The van der Waals surface area contributed by atoms with Gasteiger partial charge in [0.1, 0.15) is 5.75 Å². The van der Waals surface area contributed by atoms with Crippen molar-refractivity contribution in [1.29, 1.82) is 0 Å². The van der Waals surface area contributed by atoms with Crippen LogP contribution < -0.4 is 10.1 Å². The molecule has 2 rings (SSSR count). The van der Waals surface area contributed by atoms with Gasteiger partial charge in [0.25, 0.3) is 0 Å². The lowest BCUT2D eigenvalue weighted by Gasteiger charge is -2.24. The topological polar surface area (TPSA) is 49.9 Å². The average Bonchev–Trinajstić information content (AvgIpc) is 2.97. The maximum atomic E-state index is 5.21. The van der Waals surface area contributed by atoms with Gasteiger partial charge in [-0.05, 0) is 24.2 Å². The van der Waals surface area contributed by atoms with Gasteiger partial charge in [-0.3, -0.25) is 0 Å². The molecule has 0 amide bonds. The number of ether oxygens (including phenoxy) is 1. The first kappa shape index (κ1) is 14.9. The van der Waals surface area contributed by atoms with Gasteiger partial charge in [-0.2, -0.15) is 0 Å².